The van der Waals surface area contributed by atoms with Crippen LogP contribution in [0, 0.1) is 0 Å². The Hall–Kier alpha value is -3.48. The summed E-state index contributed by atoms with van der Waals surface area (Å²) in [6.07, 6.45) is -3.73. The van der Waals surface area contributed by atoms with E-state index in [0.29, 0.717) is 0 Å². The first-order valence-electron chi connectivity index (χ1n) is 8.97. The molecule has 0 aromatic carbocycles. The molecule has 0 bridgehead atoms. The van der Waals surface area contributed by atoms with Gasteiger partial charge < -0.3 is 28.4 Å². The van der Waals surface area contributed by atoms with Crippen molar-refractivity contribution in [1.82, 2.24) is 9.55 Å². The van der Waals surface area contributed by atoms with Crippen LogP contribution in [0.4, 0.5) is 0 Å². The van der Waals surface area contributed by atoms with Crippen molar-refractivity contribution in [2.75, 3.05) is 20.8 Å². The molecular formula is C18H22N2O11. The highest BCUT2D eigenvalue weighted by molar-refractivity contribution is 6.00. The van der Waals surface area contributed by atoms with Crippen molar-refractivity contribution in [2.24, 2.45) is 0 Å². The number of ether oxygens (including phenoxy) is 6. The van der Waals surface area contributed by atoms with Crippen molar-refractivity contribution in [1.29, 1.82) is 0 Å². The molecule has 13 nitrogen and oxygen atoms in total. The van der Waals surface area contributed by atoms with Crippen molar-refractivity contribution < 1.29 is 52.4 Å². The lowest BCUT2D eigenvalue weighted by Crippen LogP contribution is -2.40. The Balaban J connectivity index is 2.55. The number of imidazole rings is 1. The first-order chi connectivity index (χ1) is 14.6. The summed E-state index contributed by atoms with van der Waals surface area (Å²) in [7, 11) is 2.19. The Morgan fingerprint density at radius 2 is 1.52 bits per heavy atom. The van der Waals surface area contributed by atoms with Crippen LogP contribution < -0.4 is 0 Å². The minimum Gasteiger partial charge on any atom is -0.464 e. The van der Waals surface area contributed by atoms with Gasteiger partial charge in [-0.05, 0) is 0 Å². The molecule has 1 aromatic rings. The maximum absolute atomic E-state index is 12.4. The predicted molar refractivity (Wildman–Crippen MR) is 96.6 cm³/mol. The Kier molecular flexibility index (Phi) is 7.69. The molecule has 170 valence electrons. The normalized spacial score (nSPS) is 22.4. The van der Waals surface area contributed by atoms with Crippen LogP contribution in [0.5, 0.6) is 0 Å². The highest BCUT2D eigenvalue weighted by atomic mass is 16.7. The van der Waals surface area contributed by atoms with E-state index in [1.165, 1.54) is 6.92 Å². The molecule has 31 heavy (non-hydrogen) atoms. The van der Waals surface area contributed by atoms with Crippen LogP contribution >= 0.6 is 0 Å². The number of hydrogen-bond donors (Lipinski definition) is 0. The van der Waals surface area contributed by atoms with E-state index in [9.17, 15) is 24.0 Å². The molecule has 0 aliphatic carbocycles. The standard InChI is InChI=1S/C18H22N2O11/c1-8(21)28-6-11-14(29-9(2)22)15(30-10(3)23)16(31-11)20-7-19-12(17(24)26-4)13(20)18(25)27-5/h7,11,14-16H,6H2,1-5H3/t11-,14-,15-,16+/m1/s1. The van der Waals surface area contributed by atoms with E-state index in [1.807, 2.05) is 0 Å². The van der Waals surface area contributed by atoms with Gasteiger partial charge in [-0.2, -0.15) is 0 Å². The number of nitrogens with zero attached hydrogens (tertiary/aromatic N) is 2. The number of methoxy groups -OCH3 is 2. The molecule has 1 saturated heterocycles. The minimum absolute atomic E-state index is 0.340. The largest absolute Gasteiger partial charge is 0.464 e. The third-order valence-corrected chi connectivity index (χ3v) is 4.17. The molecule has 2 rings (SSSR count). The van der Waals surface area contributed by atoms with E-state index < -0.39 is 54.4 Å². The lowest BCUT2D eigenvalue weighted by atomic mass is 10.1. The monoisotopic (exact) mass is 442 g/mol. The zero-order valence-corrected chi connectivity index (χ0v) is 17.5. The Bertz CT molecular complexity index is 878. The van der Waals surface area contributed by atoms with Gasteiger partial charge >= 0.3 is 29.8 Å². The zero-order valence-electron chi connectivity index (χ0n) is 17.5. The second kappa shape index (κ2) is 10.0. The van der Waals surface area contributed by atoms with Crippen LogP contribution in [0.15, 0.2) is 6.33 Å². The average Bonchev–Trinajstić information content (AvgIpc) is 3.26. The Morgan fingerprint density at radius 3 is 2.03 bits per heavy atom. The molecular weight excluding hydrogens is 420 g/mol. The van der Waals surface area contributed by atoms with Crippen LogP contribution in [0.25, 0.3) is 0 Å². The van der Waals surface area contributed by atoms with E-state index >= 15 is 0 Å². The van der Waals surface area contributed by atoms with Gasteiger partial charge in [0, 0.05) is 20.8 Å². The molecule has 0 spiro atoms. The molecule has 1 aromatic heterocycles. The van der Waals surface area contributed by atoms with Crippen molar-refractivity contribution in [3.05, 3.63) is 17.7 Å². The minimum atomic E-state index is -1.28. The van der Waals surface area contributed by atoms with Crippen LogP contribution in [0.2, 0.25) is 0 Å². The van der Waals surface area contributed by atoms with Crippen molar-refractivity contribution in [3.63, 3.8) is 0 Å². The highest BCUT2D eigenvalue weighted by Crippen LogP contribution is 2.36. The number of esters is 5. The summed E-state index contributed by atoms with van der Waals surface area (Å²) in [5.41, 5.74) is -0.710. The molecule has 1 aliphatic rings. The smallest absolute Gasteiger partial charge is 0.359 e. The molecule has 0 saturated carbocycles. The summed E-state index contributed by atoms with van der Waals surface area (Å²) >= 11 is 0. The van der Waals surface area contributed by atoms with Crippen LogP contribution in [0.3, 0.4) is 0 Å². The van der Waals surface area contributed by atoms with Gasteiger partial charge in [0.2, 0.25) is 0 Å². The summed E-state index contributed by atoms with van der Waals surface area (Å²) in [4.78, 5) is 62.9. The van der Waals surface area contributed by atoms with Crippen molar-refractivity contribution in [3.8, 4) is 0 Å². The number of carbonyl (C=O) groups excluding carboxylic acids is 5. The molecule has 1 aliphatic heterocycles. The van der Waals surface area contributed by atoms with E-state index in [2.05, 4.69) is 9.72 Å². The lowest BCUT2D eigenvalue weighted by molar-refractivity contribution is -0.166. The fourth-order valence-corrected chi connectivity index (χ4v) is 3.02. The molecule has 0 amide bonds. The predicted octanol–water partition coefficient (Wildman–Crippen LogP) is -0.220. The van der Waals surface area contributed by atoms with Gasteiger partial charge in [-0.15, -0.1) is 0 Å². The molecule has 0 unspecified atom stereocenters. The van der Waals surface area contributed by atoms with Crippen LogP contribution in [-0.2, 0) is 42.8 Å². The maximum atomic E-state index is 12.4. The molecule has 2 heterocycles. The van der Waals surface area contributed by atoms with Gasteiger partial charge in [0.1, 0.15) is 12.7 Å². The first kappa shape index (κ1) is 23.8. The quantitative estimate of drug-likeness (QED) is 0.404. The van der Waals surface area contributed by atoms with E-state index in [0.717, 1.165) is 39.0 Å². The summed E-state index contributed by atoms with van der Waals surface area (Å²) in [5, 5.41) is 0. The summed E-state index contributed by atoms with van der Waals surface area (Å²) in [6, 6.07) is 0. The van der Waals surface area contributed by atoms with Crippen LogP contribution in [-0.4, -0.2) is 78.5 Å². The molecule has 1 fully saturated rings. The van der Waals surface area contributed by atoms with Gasteiger partial charge in [-0.1, -0.05) is 0 Å². The van der Waals surface area contributed by atoms with E-state index in [4.69, 9.17) is 23.7 Å². The Labute approximate surface area is 176 Å². The fraction of sp³-hybridized carbons (Fsp3) is 0.556. The summed E-state index contributed by atoms with van der Waals surface area (Å²) in [6.45, 7) is 3.09. The topological polar surface area (TPSA) is 159 Å². The van der Waals surface area contributed by atoms with Crippen molar-refractivity contribution >= 4 is 29.8 Å². The number of carbonyl (C=O) groups is 5. The van der Waals surface area contributed by atoms with Gasteiger partial charge in [0.15, 0.2) is 29.8 Å². The number of aromatic nitrogens is 2. The van der Waals surface area contributed by atoms with E-state index in [1.54, 1.807) is 0 Å². The molecule has 0 N–H and O–H groups in total. The third-order valence-electron chi connectivity index (χ3n) is 4.17. The molecule has 0 radical (unpaired) electrons. The lowest BCUT2D eigenvalue weighted by Gasteiger charge is -2.24. The summed E-state index contributed by atoms with van der Waals surface area (Å²) < 4.78 is 31.7. The number of hydrogen-bond acceptors (Lipinski definition) is 12. The highest BCUT2D eigenvalue weighted by Gasteiger charge is 2.51. The zero-order chi connectivity index (χ0) is 23.3. The Morgan fingerprint density at radius 1 is 0.935 bits per heavy atom. The van der Waals surface area contributed by atoms with Gasteiger partial charge in [-0.3, -0.25) is 19.0 Å². The van der Waals surface area contributed by atoms with Gasteiger partial charge in [0.25, 0.3) is 0 Å². The second-order valence-corrected chi connectivity index (χ2v) is 6.35. The van der Waals surface area contributed by atoms with Crippen LogP contribution in [0.1, 0.15) is 48.0 Å². The molecule has 4 atom stereocenters. The molecule has 13 heteroatoms. The number of rotatable bonds is 7. The third kappa shape index (κ3) is 5.36. The van der Waals surface area contributed by atoms with E-state index in [-0.39, 0.29) is 18.0 Å². The first-order valence-corrected chi connectivity index (χ1v) is 8.97. The van der Waals surface area contributed by atoms with Gasteiger partial charge in [-0.25, -0.2) is 14.6 Å². The second-order valence-electron chi connectivity index (χ2n) is 6.35. The average molecular weight is 442 g/mol. The van der Waals surface area contributed by atoms with Gasteiger partial charge in [0.05, 0.1) is 20.5 Å². The SMILES string of the molecule is COC(=O)c1ncn([C@H]2O[C@H](COC(C)=O)[C@@H](OC(C)=O)[C@H]2OC(C)=O)c1C(=O)OC. The fourth-order valence-electron chi connectivity index (χ4n) is 3.02. The summed E-state index contributed by atoms with van der Waals surface area (Å²) in [5.74, 6) is -3.95. The van der Waals surface area contributed by atoms with Crippen molar-refractivity contribution in [2.45, 2.75) is 45.3 Å². The maximum Gasteiger partial charge on any atom is 0.359 e.